The second-order valence-corrected chi connectivity index (χ2v) is 11.2. The lowest BCUT2D eigenvalue weighted by molar-refractivity contribution is -0.162. The van der Waals surface area contributed by atoms with Gasteiger partial charge in [-0.1, -0.05) is 40.8 Å². The van der Waals surface area contributed by atoms with Crippen LogP contribution in [0.15, 0.2) is 0 Å². The van der Waals surface area contributed by atoms with Gasteiger partial charge in [-0.3, -0.25) is 4.79 Å². The smallest absolute Gasteiger partial charge is 0.326 e. The van der Waals surface area contributed by atoms with Crippen LogP contribution in [0.5, 0.6) is 0 Å². The monoisotopic (exact) mass is 243 g/mol. The zero-order chi connectivity index (χ0) is 12.9. The van der Waals surface area contributed by atoms with Crippen molar-refractivity contribution in [3.8, 4) is 0 Å². The predicted octanol–water partition coefficient (Wildman–Crippen LogP) is 1.92. The molecule has 16 heavy (non-hydrogen) atoms. The maximum Gasteiger partial charge on any atom is 0.326 e. The van der Waals surface area contributed by atoms with Crippen molar-refractivity contribution in [2.75, 3.05) is 0 Å². The van der Waals surface area contributed by atoms with Gasteiger partial charge in [0.25, 0.3) is 0 Å². The minimum atomic E-state index is -2.05. The van der Waals surface area contributed by atoms with Crippen LogP contribution in [0, 0.1) is 5.92 Å². The van der Waals surface area contributed by atoms with Crippen molar-refractivity contribution < 1.29 is 14.7 Å². The molecule has 0 aromatic carbocycles. The molecule has 1 saturated heterocycles. The van der Waals surface area contributed by atoms with E-state index in [1.54, 1.807) is 11.5 Å². The topological polar surface area (TPSA) is 57.6 Å². The van der Waals surface area contributed by atoms with E-state index in [2.05, 4.69) is 33.9 Å². The Balaban J connectivity index is 3.05. The number of carbonyl (C=O) groups is 2. The standard InChI is InChI=1S/C11H21NO3Si/c1-7-8(10(14)15)12(9(7)13)16(5,6)11(2,3)4/h7-8H,1-6H3,(H,14,15)/t7-,8+/m1/s1. The third-order valence-corrected chi connectivity index (χ3v) is 9.44. The summed E-state index contributed by atoms with van der Waals surface area (Å²) in [5.41, 5.74) is 0. The molecule has 1 fully saturated rings. The number of β-lactam (4-membered cyclic amide) rings is 1. The Morgan fingerprint density at radius 1 is 1.38 bits per heavy atom. The van der Waals surface area contributed by atoms with E-state index < -0.39 is 20.2 Å². The van der Waals surface area contributed by atoms with Gasteiger partial charge in [-0.05, 0) is 5.04 Å². The second-order valence-electron chi connectivity index (χ2n) is 6.09. The second kappa shape index (κ2) is 3.58. The van der Waals surface area contributed by atoms with Gasteiger partial charge >= 0.3 is 5.97 Å². The number of carboxylic acids is 1. The molecule has 1 N–H and O–H groups in total. The van der Waals surface area contributed by atoms with E-state index in [1.165, 1.54) is 0 Å². The van der Waals surface area contributed by atoms with E-state index in [9.17, 15) is 9.59 Å². The van der Waals surface area contributed by atoms with Crippen LogP contribution >= 0.6 is 0 Å². The number of carboxylic acid groups (broad SMARTS) is 1. The largest absolute Gasteiger partial charge is 0.480 e. The lowest BCUT2D eigenvalue weighted by Crippen LogP contribution is -2.74. The summed E-state index contributed by atoms with van der Waals surface area (Å²) in [5, 5.41) is 9.13. The maximum absolute atomic E-state index is 11.9. The van der Waals surface area contributed by atoms with Gasteiger partial charge in [-0.2, -0.15) is 0 Å². The molecule has 0 spiro atoms. The Labute approximate surface area is 97.7 Å². The fourth-order valence-electron chi connectivity index (χ4n) is 1.94. The highest BCUT2D eigenvalue weighted by molar-refractivity contribution is 6.80. The van der Waals surface area contributed by atoms with Crippen molar-refractivity contribution in [3.63, 3.8) is 0 Å². The quantitative estimate of drug-likeness (QED) is 0.595. The molecule has 1 rings (SSSR count). The number of aliphatic carboxylic acids is 1. The molecule has 1 aliphatic rings. The van der Waals surface area contributed by atoms with E-state index in [1.807, 2.05) is 0 Å². The number of hydrogen-bond donors (Lipinski definition) is 1. The molecule has 1 heterocycles. The normalized spacial score (nSPS) is 26.6. The lowest BCUT2D eigenvalue weighted by atomic mass is 9.93. The van der Waals surface area contributed by atoms with Crippen LogP contribution in [0.3, 0.4) is 0 Å². The Morgan fingerprint density at radius 3 is 2.12 bits per heavy atom. The van der Waals surface area contributed by atoms with Crippen molar-refractivity contribution in [2.24, 2.45) is 5.92 Å². The SMILES string of the molecule is C[C@H]1C(=O)N([Si](C)(C)C(C)(C)C)[C@@H]1C(=O)O. The Morgan fingerprint density at radius 2 is 1.81 bits per heavy atom. The average Bonchev–Trinajstić information content (AvgIpc) is 2.09. The van der Waals surface area contributed by atoms with E-state index >= 15 is 0 Å². The summed E-state index contributed by atoms with van der Waals surface area (Å²) in [6.07, 6.45) is 0. The first-order valence-electron chi connectivity index (χ1n) is 5.58. The molecule has 0 aliphatic carbocycles. The first kappa shape index (κ1) is 13.2. The number of amides is 1. The van der Waals surface area contributed by atoms with Crippen LogP contribution < -0.4 is 0 Å². The van der Waals surface area contributed by atoms with Gasteiger partial charge in [0.2, 0.25) is 5.91 Å². The predicted molar refractivity (Wildman–Crippen MR) is 64.6 cm³/mol. The summed E-state index contributed by atoms with van der Waals surface area (Å²) in [7, 11) is -2.05. The number of nitrogens with zero attached hydrogens (tertiary/aromatic N) is 1. The highest BCUT2D eigenvalue weighted by Gasteiger charge is 2.58. The van der Waals surface area contributed by atoms with E-state index in [0.29, 0.717) is 0 Å². The zero-order valence-corrected chi connectivity index (χ0v) is 11.9. The molecule has 2 atom stereocenters. The lowest BCUT2D eigenvalue weighted by Gasteiger charge is -2.56. The Bertz CT molecular complexity index is 333. The van der Waals surface area contributed by atoms with Gasteiger partial charge in [0.05, 0.1) is 5.92 Å². The van der Waals surface area contributed by atoms with Gasteiger partial charge in [0, 0.05) is 0 Å². The molecule has 4 nitrogen and oxygen atoms in total. The summed E-state index contributed by atoms with van der Waals surface area (Å²) in [6.45, 7) is 12.1. The summed E-state index contributed by atoms with van der Waals surface area (Å²) in [4.78, 5) is 23.0. The van der Waals surface area contributed by atoms with E-state index in [-0.39, 0.29) is 16.9 Å². The molecule has 0 bridgehead atoms. The van der Waals surface area contributed by atoms with Crippen LogP contribution in [-0.4, -0.2) is 35.8 Å². The van der Waals surface area contributed by atoms with Crippen LogP contribution in [0.4, 0.5) is 0 Å². The van der Waals surface area contributed by atoms with E-state index in [4.69, 9.17) is 5.11 Å². The molecular formula is C11H21NO3Si. The molecule has 5 heteroatoms. The van der Waals surface area contributed by atoms with Crippen LogP contribution in [0.2, 0.25) is 18.1 Å². The molecule has 1 amide bonds. The summed E-state index contributed by atoms with van der Waals surface area (Å²) < 4.78 is 1.65. The maximum atomic E-state index is 11.9. The fraction of sp³-hybridized carbons (Fsp3) is 0.818. The third-order valence-electron chi connectivity index (χ3n) is 4.07. The average molecular weight is 243 g/mol. The molecule has 0 aromatic heterocycles. The van der Waals surface area contributed by atoms with Crippen molar-refractivity contribution in [3.05, 3.63) is 0 Å². The number of rotatable bonds is 2. The number of hydrogen-bond acceptors (Lipinski definition) is 2. The van der Waals surface area contributed by atoms with Crippen molar-refractivity contribution in [2.45, 2.75) is 51.9 Å². The van der Waals surface area contributed by atoms with Crippen molar-refractivity contribution in [1.29, 1.82) is 0 Å². The van der Waals surface area contributed by atoms with Crippen LogP contribution in [-0.2, 0) is 9.59 Å². The molecule has 0 unspecified atom stereocenters. The Kier molecular flexibility index (Phi) is 2.96. The minimum absolute atomic E-state index is 0.000934. The minimum Gasteiger partial charge on any atom is -0.480 e. The van der Waals surface area contributed by atoms with Gasteiger partial charge in [-0.25, -0.2) is 4.79 Å². The molecule has 0 saturated carbocycles. The van der Waals surface area contributed by atoms with Crippen LogP contribution in [0.25, 0.3) is 0 Å². The summed E-state index contributed by atoms with van der Waals surface area (Å²) in [6, 6.07) is -0.617. The first-order valence-corrected chi connectivity index (χ1v) is 8.52. The van der Waals surface area contributed by atoms with Gasteiger partial charge in [0.15, 0.2) is 8.24 Å². The molecule has 0 aromatic rings. The first-order chi connectivity index (χ1) is 7.01. The van der Waals surface area contributed by atoms with Gasteiger partial charge in [-0.15, -0.1) is 0 Å². The van der Waals surface area contributed by atoms with Gasteiger partial charge in [0.1, 0.15) is 6.04 Å². The van der Waals surface area contributed by atoms with Crippen molar-refractivity contribution in [1.82, 2.24) is 4.57 Å². The highest BCUT2D eigenvalue weighted by Crippen LogP contribution is 2.44. The van der Waals surface area contributed by atoms with Gasteiger partial charge < -0.3 is 9.67 Å². The molecular weight excluding hydrogens is 222 g/mol. The molecule has 92 valence electrons. The highest BCUT2D eigenvalue weighted by atomic mass is 28.3. The Hall–Kier alpha value is -0.843. The summed E-state index contributed by atoms with van der Waals surface area (Å²) in [5.74, 6) is -1.25. The zero-order valence-electron chi connectivity index (χ0n) is 10.9. The van der Waals surface area contributed by atoms with Crippen LogP contribution in [0.1, 0.15) is 27.7 Å². The molecule has 0 radical (unpaired) electrons. The fourth-order valence-corrected chi connectivity index (χ4v) is 4.45. The summed E-state index contributed by atoms with van der Waals surface area (Å²) >= 11 is 0. The number of carbonyl (C=O) groups excluding carboxylic acids is 1. The third kappa shape index (κ3) is 1.67. The van der Waals surface area contributed by atoms with E-state index in [0.717, 1.165) is 0 Å². The van der Waals surface area contributed by atoms with Crippen molar-refractivity contribution >= 4 is 20.1 Å². The molecule has 1 aliphatic heterocycles.